The van der Waals surface area contributed by atoms with Crippen molar-refractivity contribution in [3.63, 3.8) is 0 Å². The Hall–Kier alpha value is -2.04. The summed E-state index contributed by atoms with van der Waals surface area (Å²) in [5.74, 6) is 2.65. The Morgan fingerprint density at radius 2 is 1.74 bits per heavy atom. The summed E-state index contributed by atoms with van der Waals surface area (Å²) in [6.45, 7) is 4.37. The Kier molecular flexibility index (Phi) is 4.33. The first-order valence-electron chi connectivity index (χ1n) is 10.1. The molecule has 0 saturated carbocycles. The zero-order valence-corrected chi connectivity index (χ0v) is 15.9. The molecule has 4 nitrogen and oxygen atoms in total. The summed E-state index contributed by atoms with van der Waals surface area (Å²) >= 11 is 0. The van der Waals surface area contributed by atoms with Gasteiger partial charge >= 0.3 is 0 Å². The first-order valence-corrected chi connectivity index (χ1v) is 10.1. The molecule has 4 heterocycles. The van der Waals surface area contributed by atoms with Gasteiger partial charge in [-0.2, -0.15) is 0 Å². The van der Waals surface area contributed by atoms with Crippen molar-refractivity contribution in [3.05, 3.63) is 59.7 Å². The van der Waals surface area contributed by atoms with Crippen LogP contribution in [0.25, 0.3) is 0 Å². The summed E-state index contributed by atoms with van der Waals surface area (Å²) < 4.78 is 5.35. The molecule has 2 aromatic carbocycles. The Bertz CT molecular complexity index is 798. The van der Waals surface area contributed by atoms with Crippen molar-refractivity contribution in [1.82, 2.24) is 9.80 Å². The molecule has 0 aliphatic carbocycles. The highest BCUT2D eigenvalue weighted by Crippen LogP contribution is 2.47. The van der Waals surface area contributed by atoms with E-state index in [2.05, 4.69) is 40.1 Å². The fourth-order valence-electron chi connectivity index (χ4n) is 5.73. The van der Waals surface area contributed by atoms with Crippen LogP contribution in [0, 0.1) is 5.92 Å². The van der Waals surface area contributed by atoms with Crippen LogP contribution in [-0.2, 0) is 6.54 Å². The fourth-order valence-corrected chi connectivity index (χ4v) is 5.73. The topological polar surface area (TPSA) is 35.9 Å². The maximum absolute atomic E-state index is 10.3. The van der Waals surface area contributed by atoms with E-state index in [1.54, 1.807) is 13.2 Å². The molecule has 142 valence electrons. The second kappa shape index (κ2) is 6.84. The number of benzene rings is 2. The molecule has 0 spiro atoms. The second-order valence-electron chi connectivity index (χ2n) is 8.29. The van der Waals surface area contributed by atoms with Crippen molar-refractivity contribution in [3.8, 4) is 11.5 Å². The standard InChI is InChI=1S/C23H28N2O2/c1-27-19-8-6-16(7-9-19)20-15-25(14-18-4-2-3-5-21(18)26)22-17-10-12-24(13-11-17)23(20)22/h2-9,17,20,22-23,26H,10-15H2,1H3/t20-,22+,23+/m0/s1. The van der Waals surface area contributed by atoms with Crippen molar-refractivity contribution in [1.29, 1.82) is 0 Å². The van der Waals surface area contributed by atoms with Crippen molar-refractivity contribution in [2.75, 3.05) is 26.7 Å². The molecule has 4 saturated heterocycles. The lowest BCUT2D eigenvalue weighted by atomic mass is 9.75. The quantitative estimate of drug-likeness (QED) is 0.901. The molecule has 0 aromatic heterocycles. The Labute approximate surface area is 161 Å². The molecule has 2 bridgehead atoms. The smallest absolute Gasteiger partial charge is 0.120 e. The third-order valence-electron chi connectivity index (χ3n) is 7.00. The van der Waals surface area contributed by atoms with E-state index in [-0.39, 0.29) is 0 Å². The van der Waals surface area contributed by atoms with Crippen molar-refractivity contribution in [2.24, 2.45) is 5.92 Å². The summed E-state index contributed by atoms with van der Waals surface area (Å²) in [6, 6.07) is 17.7. The number of rotatable bonds is 4. The van der Waals surface area contributed by atoms with E-state index in [1.807, 2.05) is 12.1 Å². The Balaban J connectivity index is 1.47. The van der Waals surface area contributed by atoms with Gasteiger partial charge in [0.05, 0.1) is 7.11 Å². The van der Waals surface area contributed by atoms with Gasteiger partial charge in [0, 0.05) is 36.7 Å². The lowest BCUT2D eigenvalue weighted by Crippen LogP contribution is -2.59. The van der Waals surface area contributed by atoms with E-state index >= 15 is 0 Å². The second-order valence-corrected chi connectivity index (χ2v) is 8.29. The van der Waals surface area contributed by atoms with Crippen molar-refractivity contribution >= 4 is 0 Å². The van der Waals surface area contributed by atoms with E-state index in [1.165, 1.54) is 31.5 Å². The number of fused-ring (bicyclic) bond motifs is 2. The molecule has 1 N–H and O–H groups in total. The molecule has 4 aliphatic heterocycles. The number of hydrogen-bond acceptors (Lipinski definition) is 4. The summed E-state index contributed by atoms with van der Waals surface area (Å²) in [5.41, 5.74) is 2.46. The number of methoxy groups -OCH3 is 1. The molecule has 0 unspecified atom stereocenters. The highest BCUT2D eigenvalue weighted by Gasteiger charge is 2.53. The van der Waals surface area contributed by atoms with Gasteiger partial charge in [-0.3, -0.25) is 9.80 Å². The molecule has 3 atom stereocenters. The number of piperidine rings is 3. The fraction of sp³-hybridized carbons (Fsp3) is 0.478. The number of ether oxygens (including phenoxy) is 1. The van der Waals surface area contributed by atoms with Crippen LogP contribution in [0.4, 0.5) is 0 Å². The molecule has 0 amide bonds. The SMILES string of the molecule is COc1ccc([C@@H]2CN(Cc3ccccc3O)[C@@H]3C4CCN(CC4)[C@@H]32)cc1. The molecule has 4 heteroatoms. The average Bonchev–Trinajstić information content (AvgIpc) is 3.12. The van der Waals surface area contributed by atoms with E-state index < -0.39 is 0 Å². The normalized spacial score (nSPS) is 32.4. The van der Waals surface area contributed by atoms with Gasteiger partial charge in [-0.05, 0) is 55.6 Å². The van der Waals surface area contributed by atoms with Gasteiger partial charge in [-0.25, -0.2) is 0 Å². The summed E-state index contributed by atoms with van der Waals surface area (Å²) in [4.78, 5) is 5.37. The van der Waals surface area contributed by atoms with Crippen LogP contribution in [0.2, 0.25) is 0 Å². The zero-order valence-electron chi connectivity index (χ0n) is 15.9. The van der Waals surface area contributed by atoms with Crippen molar-refractivity contribution in [2.45, 2.75) is 37.4 Å². The third kappa shape index (κ3) is 2.91. The summed E-state index contributed by atoms with van der Waals surface area (Å²) in [5, 5.41) is 10.3. The summed E-state index contributed by atoms with van der Waals surface area (Å²) in [7, 11) is 1.72. The predicted octanol–water partition coefficient (Wildman–Crippen LogP) is 3.46. The van der Waals surface area contributed by atoms with E-state index in [9.17, 15) is 5.11 Å². The Morgan fingerprint density at radius 3 is 2.44 bits per heavy atom. The van der Waals surface area contributed by atoms with Crippen LogP contribution in [0.5, 0.6) is 11.5 Å². The van der Waals surface area contributed by atoms with Gasteiger partial charge in [0.15, 0.2) is 0 Å². The number of likely N-dealkylation sites (tertiary alicyclic amines) is 1. The highest BCUT2D eigenvalue weighted by molar-refractivity contribution is 5.35. The van der Waals surface area contributed by atoms with Crippen LogP contribution < -0.4 is 4.74 Å². The molecule has 2 aromatic rings. The van der Waals surface area contributed by atoms with Gasteiger partial charge in [0.2, 0.25) is 0 Å². The van der Waals surface area contributed by atoms with Gasteiger partial charge in [-0.15, -0.1) is 0 Å². The third-order valence-corrected chi connectivity index (χ3v) is 7.00. The van der Waals surface area contributed by atoms with E-state index in [0.29, 0.717) is 23.8 Å². The lowest BCUT2D eigenvalue weighted by Gasteiger charge is -2.51. The number of para-hydroxylation sites is 1. The minimum atomic E-state index is 0.420. The monoisotopic (exact) mass is 364 g/mol. The van der Waals surface area contributed by atoms with Crippen LogP contribution >= 0.6 is 0 Å². The zero-order chi connectivity index (χ0) is 18.4. The summed E-state index contributed by atoms with van der Waals surface area (Å²) in [6.07, 6.45) is 2.63. The first kappa shape index (κ1) is 17.1. The average molecular weight is 364 g/mol. The minimum absolute atomic E-state index is 0.420. The molecule has 27 heavy (non-hydrogen) atoms. The van der Waals surface area contributed by atoms with Crippen LogP contribution in [0.15, 0.2) is 48.5 Å². The predicted molar refractivity (Wildman–Crippen MR) is 106 cm³/mol. The largest absolute Gasteiger partial charge is 0.508 e. The van der Waals surface area contributed by atoms with Gasteiger partial charge < -0.3 is 9.84 Å². The maximum atomic E-state index is 10.3. The lowest BCUT2D eigenvalue weighted by molar-refractivity contribution is -0.00883. The highest BCUT2D eigenvalue weighted by atomic mass is 16.5. The molecule has 4 aliphatic rings. The van der Waals surface area contributed by atoms with Crippen LogP contribution in [0.1, 0.15) is 29.9 Å². The number of nitrogens with zero attached hydrogens (tertiary/aromatic N) is 2. The molecular weight excluding hydrogens is 336 g/mol. The van der Waals surface area contributed by atoms with Gasteiger partial charge in [0.1, 0.15) is 11.5 Å². The molecular formula is C23H28N2O2. The van der Waals surface area contributed by atoms with E-state index in [0.717, 1.165) is 30.3 Å². The number of phenols is 1. The first-order chi connectivity index (χ1) is 13.2. The van der Waals surface area contributed by atoms with E-state index in [4.69, 9.17) is 4.74 Å². The minimum Gasteiger partial charge on any atom is -0.508 e. The molecule has 6 rings (SSSR count). The number of phenolic OH excluding ortho intramolecular Hbond substituents is 1. The van der Waals surface area contributed by atoms with Gasteiger partial charge in [0.25, 0.3) is 0 Å². The van der Waals surface area contributed by atoms with Crippen molar-refractivity contribution < 1.29 is 9.84 Å². The van der Waals surface area contributed by atoms with Gasteiger partial charge in [-0.1, -0.05) is 30.3 Å². The number of aromatic hydroxyl groups is 1. The Morgan fingerprint density at radius 1 is 1.00 bits per heavy atom. The van der Waals surface area contributed by atoms with Crippen LogP contribution in [-0.4, -0.2) is 53.7 Å². The molecule has 4 fully saturated rings. The maximum Gasteiger partial charge on any atom is 0.120 e. The number of hydrogen-bond donors (Lipinski definition) is 1. The molecule has 0 radical (unpaired) electrons. The van der Waals surface area contributed by atoms with Crippen LogP contribution in [0.3, 0.4) is 0 Å².